The van der Waals surface area contributed by atoms with Crippen molar-refractivity contribution in [1.82, 2.24) is 4.90 Å². The smallest absolute Gasteiger partial charge is 0.303 e. The van der Waals surface area contributed by atoms with E-state index in [4.69, 9.17) is 5.11 Å². The fourth-order valence-electron chi connectivity index (χ4n) is 5.37. The molecule has 0 unspecified atom stereocenters. The van der Waals surface area contributed by atoms with E-state index in [1.807, 2.05) is 0 Å². The number of carboxylic acids is 1. The molecule has 0 amide bonds. The van der Waals surface area contributed by atoms with Gasteiger partial charge in [-0.05, 0) is 47.1 Å². The molecule has 230 valence electrons. The minimum absolute atomic E-state index is 0.345. The average Bonchev–Trinajstić information content (AvgIpc) is 2.87. The predicted molar refractivity (Wildman–Crippen MR) is 171 cm³/mol. The number of unbranched alkanes of at least 4 members (excludes halogenated alkanes) is 22. The lowest BCUT2D eigenvalue weighted by Crippen LogP contribution is -2.37. The van der Waals surface area contributed by atoms with Gasteiger partial charge >= 0.3 is 5.97 Å². The van der Waals surface area contributed by atoms with E-state index in [2.05, 4.69) is 46.4 Å². The molecule has 3 heteroatoms. The summed E-state index contributed by atoms with van der Waals surface area (Å²) in [4.78, 5) is 12.9. The second-order valence-corrected chi connectivity index (χ2v) is 12.3. The molecule has 0 aromatic carbocycles. The molecule has 0 saturated heterocycles. The lowest BCUT2D eigenvalue weighted by Gasteiger charge is -2.30. The Bertz CT molecular complexity index is 441. The largest absolute Gasteiger partial charge is 0.481 e. The maximum atomic E-state index is 10.3. The molecule has 0 saturated carbocycles. The maximum absolute atomic E-state index is 10.3. The normalized spacial score (nSPS) is 11.4. The lowest BCUT2D eigenvalue weighted by atomic mass is 10.0. The fourth-order valence-corrected chi connectivity index (χ4v) is 5.37. The van der Waals surface area contributed by atoms with Gasteiger partial charge in [-0.15, -0.1) is 0 Å². The molecule has 38 heavy (non-hydrogen) atoms. The van der Waals surface area contributed by atoms with Gasteiger partial charge in [0.15, 0.2) is 0 Å². The summed E-state index contributed by atoms with van der Waals surface area (Å²) in [6, 6.07) is 1.39. The molecule has 0 aliphatic rings. The first-order chi connectivity index (χ1) is 18.4. The summed E-state index contributed by atoms with van der Waals surface area (Å²) >= 11 is 0. The number of aliphatic carboxylic acids is 1. The summed E-state index contributed by atoms with van der Waals surface area (Å²) in [7, 11) is 0. The molecule has 0 bridgehead atoms. The molecule has 0 aliphatic heterocycles. The van der Waals surface area contributed by atoms with Crippen molar-refractivity contribution in [2.24, 2.45) is 0 Å². The summed E-state index contributed by atoms with van der Waals surface area (Å²) in [6.45, 7) is 15.1. The maximum Gasteiger partial charge on any atom is 0.303 e. The third-order valence-corrected chi connectivity index (χ3v) is 7.84. The van der Waals surface area contributed by atoms with Crippen molar-refractivity contribution in [2.45, 2.75) is 214 Å². The number of nitrogens with zero attached hydrogens (tertiary/aromatic N) is 1. The van der Waals surface area contributed by atoms with Crippen LogP contribution in [0.25, 0.3) is 0 Å². The minimum atomic E-state index is -0.653. The van der Waals surface area contributed by atoms with Crippen molar-refractivity contribution in [2.75, 3.05) is 6.54 Å². The molecule has 3 nitrogen and oxygen atoms in total. The van der Waals surface area contributed by atoms with Gasteiger partial charge in [-0.2, -0.15) is 0 Å². The highest BCUT2D eigenvalue weighted by Gasteiger charge is 2.11. The van der Waals surface area contributed by atoms with Crippen LogP contribution < -0.4 is 0 Å². The van der Waals surface area contributed by atoms with E-state index < -0.39 is 5.97 Å². The van der Waals surface area contributed by atoms with Crippen LogP contribution in [0.1, 0.15) is 202 Å². The van der Waals surface area contributed by atoms with Crippen molar-refractivity contribution in [3.8, 4) is 0 Å². The average molecular weight is 540 g/mol. The molecule has 0 aromatic heterocycles. The second-order valence-electron chi connectivity index (χ2n) is 12.3. The van der Waals surface area contributed by atoms with Gasteiger partial charge < -0.3 is 5.11 Å². The quantitative estimate of drug-likeness (QED) is 0.100. The first-order valence-electron chi connectivity index (χ1n) is 17.3. The van der Waals surface area contributed by atoms with Crippen molar-refractivity contribution in [3.63, 3.8) is 0 Å². The van der Waals surface area contributed by atoms with E-state index in [0.717, 1.165) is 12.8 Å². The van der Waals surface area contributed by atoms with Crippen LogP contribution in [0.15, 0.2) is 0 Å². The van der Waals surface area contributed by atoms with E-state index in [-0.39, 0.29) is 0 Å². The third-order valence-electron chi connectivity index (χ3n) is 7.84. The molecule has 0 heterocycles. The van der Waals surface area contributed by atoms with E-state index in [0.29, 0.717) is 18.5 Å². The Labute approximate surface area is 241 Å². The van der Waals surface area contributed by atoms with Gasteiger partial charge in [-0.3, -0.25) is 9.69 Å². The zero-order valence-electron chi connectivity index (χ0n) is 27.3. The van der Waals surface area contributed by atoms with E-state index in [9.17, 15) is 4.79 Å². The van der Waals surface area contributed by atoms with Crippen LogP contribution in [-0.2, 0) is 4.79 Å². The number of rotatable bonds is 28. The Morgan fingerprint density at radius 1 is 0.474 bits per heavy atom. The highest BCUT2D eigenvalue weighted by molar-refractivity contribution is 5.66. The van der Waals surface area contributed by atoms with Crippen molar-refractivity contribution in [3.05, 3.63) is 0 Å². The summed E-state index contributed by atoms with van der Waals surface area (Å²) in [5, 5.41) is 8.52. The number of hydrogen-bond donors (Lipinski definition) is 1. The first kappa shape index (κ1) is 39.6. The van der Waals surface area contributed by atoms with Gasteiger partial charge in [0.25, 0.3) is 0 Å². The monoisotopic (exact) mass is 540 g/mol. The van der Waals surface area contributed by atoms with Gasteiger partial charge in [0, 0.05) is 18.5 Å². The Balaban J connectivity index is 0. The third kappa shape index (κ3) is 33.5. The molecular formula is C35H73NO2. The molecule has 1 N–H and O–H groups in total. The van der Waals surface area contributed by atoms with Gasteiger partial charge in [-0.1, -0.05) is 155 Å². The van der Waals surface area contributed by atoms with Gasteiger partial charge in [0.1, 0.15) is 0 Å². The van der Waals surface area contributed by atoms with Crippen LogP contribution in [0.3, 0.4) is 0 Å². The van der Waals surface area contributed by atoms with Crippen LogP contribution in [-0.4, -0.2) is 34.6 Å². The molecule has 0 atom stereocenters. The molecule has 0 aromatic rings. The zero-order chi connectivity index (χ0) is 28.7. The Hall–Kier alpha value is -0.570. The Kier molecular flexibility index (Phi) is 34.0. The van der Waals surface area contributed by atoms with Crippen LogP contribution in [0, 0.1) is 0 Å². The van der Waals surface area contributed by atoms with E-state index >= 15 is 0 Å². The predicted octanol–water partition coefficient (Wildman–Crippen LogP) is 12.0. The van der Waals surface area contributed by atoms with Crippen molar-refractivity contribution < 1.29 is 9.90 Å². The van der Waals surface area contributed by atoms with Crippen molar-refractivity contribution in [1.29, 1.82) is 0 Å². The summed E-state index contributed by atoms with van der Waals surface area (Å²) in [5.41, 5.74) is 0. The van der Waals surface area contributed by atoms with Crippen LogP contribution in [0.4, 0.5) is 0 Å². The first-order valence-corrected chi connectivity index (χ1v) is 17.3. The Morgan fingerprint density at radius 3 is 1.00 bits per heavy atom. The molecule has 0 spiro atoms. The number of carbonyl (C=O) groups is 1. The van der Waals surface area contributed by atoms with Gasteiger partial charge in [0.05, 0.1) is 0 Å². The van der Waals surface area contributed by atoms with Gasteiger partial charge in [0.2, 0.25) is 0 Å². The van der Waals surface area contributed by atoms with Gasteiger partial charge in [-0.25, -0.2) is 0 Å². The molecular weight excluding hydrogens is 466 g/mol. The van der Waals surface area contributed by atoms with E-state index in [1.54, 1.807) is 0 Å². The standard InChI is InChI=1S/C18H36O2.C17H37N/c1-2-3-4-5-6-7-8-9-10-11-12-13-14-15-16-17-18(19)20;1-6-7-8-9-10-11-12-13-14-15-18(16(2)3)17(4)5/h2-17H2,1H3,(H,19,20);16-17H,6-15H2,1-5H3. The van der Waals surface area contributed by atoms with E-state index in [1.165, 1.54) is 148 Å². The molecule has 0 aliphatic carbocycles. The minimum Gasteiger partial charge on any atom is -0.481 e. The van der Waals surface area contributed by atoms with Crippen molar-refractivity contribution >= 4 is 5.97 Å². The van der Waals surface area contributed by atoms with Crippen LogP contribution in [0.5, 0.6) is 0 Å². The number of carboxylic acid groups (broad SMARTS) is 1. The van der Waals surface area contributed by atoms with Crippen LogP contribution >= 0.6 is 0 Å². The summed E-state index contributed by atoms with van der Waals surface area (Å²) in [6.07, 6.45) is 33.0. The molecule has 0 rings (SSSR count). The Morgan fingerprint density at radius 2 is 0.737 bits per heavy atom. The molecule has 0 fully saturated rings. The summed E-state index contributed by atoms with van der Waals surface area (Å²) in [5.74, 6) is -0.653. The highest BCUT2D eigenvalue weighted by atomic mass is 16.4. The SMILES string of the molecule is CCCCCCCCCCCCCCCCCC(=O)O.CCCCCCCCCCCN(C(C)C)C(C)C. The summed E-state index contributed by atoms with van der Waals surface area (Å²) < 4.78 is 0. The topological polar surface area (TPSA) is 40.5 Å². The molecule has 0 radical (unpaired) electrons. The number of hydrogen-bond acceptors (Lipinski definition) is 2. The van der Waals surface area contributed by atoms with Crippen LogP contribution in [0.2, 0.25) is 0 Å². The second kappa shape index (κ2) is 32.6. The fraction of sp³-hybridized carbons (Fsp3) is 0.971. The zero-order valence-corrected chi connectivity index (χ0v) is 27.3. The lowest BCUT2D eigenvalue weighted by molar-refractivity contribution is -0.137. The highest BCUT2D eigenvalue weighted by Crippen LogP contribution is 2.14.